The van der Waals surface area contributed by atoms with Crippen molar-refractivity contribution in [3.63, 3.8) is 0 Å². The summed E-state index contributed by atoms with van der Waals surface area (Å²) in [5, 5.41) is 5.92. The Labute approximate surface area is 175 Å². The number of nitrogens with zero attached hydrogens (tertiary/aromatic N) is 5. The third-order valence-corrected chi connectivity index (χ3v) is 7.07. The molecule has 0 unspecified atom stereocenters. The molecule has 146 valence electrons. The zero-order valence-corrected chi connectivity index (χ0v) is 18.0. The van der Waals surface area contributed by atoms with Gasteiger partial charge >= 0.3 is 0 Å². The first kappa shape index (κ1) is 18.2. The van der Waals surface area contributed by atoms with Crippen LogP contribution in [0.1, 0.15) is 18.4 Å². The topological polar surface area (TPSA) is 70.1 Å². The third kappa shape index (κ3) is 3.58. The Bertz CT molecular complexity index is 1080. The van der Waals surface area contributed by atoms with E-state index < -0.39 is 0 Å². The molecular weight excluding hydrogens is 440 g/mol. The normalized spacial score (nSPS) is 18.1. The van der Waals surface area contributed by atoms with Gasteiger partial charge in [-0.25, -0.2) is 8.99 Å². The van der Waals surface area contributed by atoms with Crippen molar-refractivity contribution in [2.24, 2.45) is 0 Å². The number of rotatable bonds is 4. The maximum Gasteiger partial charge on any atom is 0.263 e. The molecule has 9 heteroatoms. The number of anilines is 1. The average molecular weight is 461 g/mol. The summed E-state index contributed by atoms with van der Waals surface area (Å²) in [5.41, 5.74) is 2.35. The molecule has 2 fully saturated rings. The van der Waals surface area contributed by atoms with Crippen LogP contribution in [0.2, 0.25) is 0 Å². The predicted octanol–water partition coefficient (Wildman–Crippen LogP) is 3.11. The summed E-state index contributed by atoms with van der Waals surface area (Å²) in [7, 11) is 0. The molecule has 2 aromatic heterocycles. The smallest absolute Gasteiger partial charge is 0.263 e. The second-order valence-corrected chi connectivity index (χ2v) is 9.66. The van der Waals surface area contributed by atoms with Crippen molar-refractivity contribution in [2.75, 3.05) is 31.1 Å². The van der Waals surface area contributed by atoms with E-state index in [0.717, 1.165) is 47.2 Å². The van der Waals surface area contributed by atoms with Gasteiger partial charge in [0.1, 0.15) is 5.39 Å². The summed E-state index contributed by atoms with van der Waals surface area (Å²) in [5.74, 6) is 0.617. The van der Waals surface area contributed by atoms with Gasteiger partial charge in [0.2, 0.25) is 5.95 Å². The SMILES string of the molecule is Cc1cc(Br)ccc1-n1cc2c(=O)[nH]c(N3CCN(SC4CC4)CC3)nc2n1. The number of aromatic amines is 1. The molecule has 1 aliphatic carbocycles. The van der Waals surface area contributed by atoms with Gasteiger partial charge in [-0.15, -0.1) is 5.10 Å². The molecule has 3 heterocycles. The Morgan fingerprint density at radius 3 is 2.71 bits per heavy atom. The molecule has 1 saturated carbocycles. The lowest BCUT2D eigenvalue weighted by Gasteiger charge is -2.34. The molecule has 1 aromatic carbocycles. The van der Waals surface area contributed by atoms with Gasteiger partial charge in [0.15, 0.2) is 5.65 Å². The van der Waals surface area contributed by atoms with Crippen molar-refractivity contribution in [1.82, 2.24) is 24.1 Å². The van der Waals surface area contributed by atoms with E-state index in [2.05, 4.69) is 40.2 Å². The molecule has 3 aromatic rings. The van der Waals surface area contributed by atoms with Crippen LogP contribution in [-0.4, -0.2) is 55.5 Å². The maximum absolute atomic E-state index is 12.6. The van der Waals surface area contributed by atoms with Gasteiger partial charge in [-0.05, 0) is 43.5 Å². The molecule has 2 aliphatic rings. The molecule has 28 heavy (non-hydrogen) atoms. The van der Waals surface area contributed by atoms with Crippen molar-refractivity contribution in [3.8, 4) is 5.69 Å². The van der Waals surface area contributed by atoms with Crippen molar-refractivity contribution < 1.29 is 0 Å². The summed E-state index contributed by atoms with van der Waals surface area (Å²) in [4.78, 5) is 22.4. The van der Waals surface area contributed by atoms with Gasteiger partial charge in [-0.1, -0.05) is 27.9 Å². The average Bonchev–Trinajstić information content (AvgIpc) is 3.38. The maximum atomic E-state index is 12.6. The van der Waals surface area contributed by atoms with Crippen LogP contribution >= 0.6 is 27.9 Å². The van der Waals surface area contributed by atoms with E-state index in [4.69, 9.17) is 0 Å². The highest BCUT2D eigenvalue weighted by molar-refractivity contribution is 9.10. The van der Waals surface area contributed by atoms with Crippen LogP contribution in [0.25, 0.3) is 16.7 Å². The van der Waals surface area contributed by atoms with Crippen LogP contribution in [0.5, 0.6) is 0 Å². The molecule has 0 atom stereocenters. The zero-order chi connectivity index (χ0) is 19.3. The lowest BCUT2D eigenvalue weighted by atomic mass is 10.2. The van der Waals surface area contributed by atoms with Gasteiger partial charge in [0.25, 0.3) is 5.56 Å². The van der Waals surface area contributed by atoms with Gasteiger partial charge < -0.3 is 4.90 Å². The van der Waals surface area contributed by atoms with Gasteiger partial charge in [0, 0.05) is 42.1 Å². The van der Waals surface area contributed by atoms with Crippen molar-refractivity contribution in [3.05, 3.63) is 44.8 Å². The Morgan fingerprint density at radius 1 is 1.21 bits per heavy atom. The second kappa shape index (κ2) is 7.20. The highest BCUT2D eigenvalue weighted by atomic mass is 79.9. The lowest BCUT2D eigenvalue weighted by Crippen LogP contribution is -2.44. The fourth-order valence-electron chi connectivity index (χ4n) is 3.44. The number of benzene rings is 1. The largest absolute Gasteiger partial charge is 0.340 e. The highest BCUT2D eigenvalue weighted by Crippen LogP contribution is 2.36. The third-order valence-electron chi connectivity index (χ3n) is 5.14. The minimum absolute atomic E-state index is 0.143. The molecule has 1 N–H and O–H groups in total. The zero-order valence-electron chi connectivity index (χ0n) is 15.6. The van der Waals surface area contributed by atoms with Crippen molar-refractivity contribution >= 4 is 44.9 Å². The molecule has 0 spiro atoms. The number of aromatic nitrogens is 4. The monoisotopic (exact) mass is 460 g/mol. The summed E-state index contributed by atoms with van der Waals surface area (Å²) in [6, 6.07) is 5.98. The van der Waals surface area contributed by atoms with Gasteiger partial charge in [-0.3, -0.25) is 9.78 Å². The number of piperazine rings is 1. The van der Waals surface area contributed by atoms with Crippen LogP contribution in [0.15, 0.2) is 33.7 Å². The number of hydrogen-bond donors (Lipinski definition) is 1. The number of halogens is 1. The number of fused-ring (bicyclic) bond motifs is 1. The van der Waals surface area contributed by atoms with E-state index in [1.165, 1.54) is 12.8 Å². The van der Waals surface area contributed by atoms with Crippen LogP contribution < -0.4 is 10.5 Å². The van der Waals surface area contributed by atoms with Crippen molar-refractivity contribution in [1.29, 1.82) is 0 Å². The summed E-state index contributed by atoms with van der Waals surface area (Å²) >= 11 is 5.47. The minimum atomic E-state index is -0.143. The second-order valence-electron chi connectivity index (χ2n) is 7.35. The molecular formula is C19H21BrN6OS. The first-order valence-electron chi connectivity index (χ1n) is 9.50. The highest BCUT2D eigenvalue weighted by Gasteiger charge is 2.28. The quantitative estimate of drug-likeness (QED) is 0.603. The first-order chi connectivity index (χ1) is 13.6. The van der Waals surface area contributed by atoms with Gasteiger partial charge in [0.05, 0.1) is 5.69 Å². The van der Waals surface area contributed by atoms with E-state index in [-0.39, 0.29) is 5.56 Å². The van der Waals surface area contributed by atoms with Crippen LogP contribution in [0.3, 0.4) is 0 Å². The van der Waals surface area contributed by atoms with Crippen LogP contribution in [0.4, 0.5) is 5.95 Å². The van der Waals surface area contributed by atoms with Crippen LogP contribution in [-0.2, 0) is 0 Å². The van der Waals surface area contributed by atoms with E-state index in [1.54, 1.807) is 10.9 Å². The predicted molar refractivity (Wildman–Crippen MR) is 116 cm³/mol. The first-order valence-corrected chi connectivity index (χ1v) is 11.1. The number of hydrogen-bond acceptors (Lipinski definition) is 6. The Morgan fingerprint density at radius 2 is 2.00 bits per heavy atom. The summed E-state index contributed by atoms with van der Waals surface area (Å²) in [6.07, 6.45) is 4.44. The molecule has 1 saturated heterocycles. The van der Waals surface area contributed by atoms with E-state index in [1.807, 2.05) is 37.1 Å². The molecule has 5 rings (SSSR count). The Hall–Kier alpha value is -1.84. The number of aryl methyl sites for hydroxylation is 1. The number of H-pyrrole nitrogens is 1. The fourth-order valence-corrected chi connectivity index (χ4v) is 5.06. The van der Waals surface area contributed by atoms with E-state index in [9.17, 15) is 4.79 Å². The van der Waals surface area contributed by atoms with Crippen molar-refractivity contribution in [2.45, 2.75) is 25.0 Å². The molecule has 0 bridgehead atoms. The lowest BCUT2D eigenvalue weighted by molar-refractivity contribution is 0.426. The number of nitrogens with one attached hydrogen (secondary N) is 1. The molecule has 1 aliphatic heterocycles. The van der Waals surface area contributed by atoms with Gasteiger partial charge in [-0.2, -0.15) is 4.98 Å². The molecule has 0 amide bonds. The Balaban J connectivity index is 1.41. The fraction of sp³-hybridized carbons (Fsp3) is 0.421. The minimum Gasteiger partial charge on any atom is -0.340 e. The molecule has 7 nitrogen and oxygen atoms in total. The van der Waals surface area contributed by atoms with E-state index >= 15 is 0 Å². The van der Waals surface area contributed by atoms with Crippen LogP contribution in [0, 0.1) is 6.92 Å². The summed E-state index contributed by atoms with van der Waals surface area (Å²) < 4.78 is 5.20. The summed E-state index contributed by atoms with van der Waals surface area (Å²) in [6.45, 7) is 5.71. The van der Waals surface area contributed by atoms with E-state index in [0.29, 0.717) is 17.0 Å². The standard InChI is InChI=1S/C19H21BrN6OS/c1-12-10-13(20)2-5-16(12)26-11-15-17(23-26)21-19(22-18(15)27)24-6-8-25(9-7-24)28-14-3-4-14/h2,5,10-11,14H,3-4,6-9H2,1H3,(H,21,22,23,27). The Kier molecular flexibility index (Phi) is 4.68. The molecule has 0 radical (unpaired) electrons.